The van der Waals surface area contributed by atoms with Crippen LogP contribution in [0.25, 0.3) is 0 Å². The van der Waals surface area contributed by atoms with Crippen LogP contribution in [0.5, 0.6) is 0 Å². The molecule has 0 saturated heterocycles. The monoisotopic (exact) mass is 295 g/mol. The first-order valence-corrected chi connectivity index (χ1v) is 8.90. The molecule has 0 spiro atoms. The Morgan fingerprint density at radius 2 is 1.29 bits per heavy atom. The SMILES string of the molecule is CC(C)CCC[C@@H](C)CCC[C@H](C)CCC[C@@](C)(O)C#N. The number of rotatable bonds is 12. The van der Waals surface area contributed by atoms with Gasteiger partial charge in [-0.2, -0.15) is 5.26 Å². The van der Waals surface area contributed by atoms with Crippen molar-refractivity contribution in [3.63, 3.8) is 0 Å². The van der Waals surface area contributed by atoms with Gasteiger partial charge in [0, 0.05) is 0 Å². The molecule has 0 fully saturated rings. The van der Waals surface area contributed by atoms with Crippen LogP contribution in [0.2, 0.25) is 0 Å². The molecule has 0 aromatic carbocycles. The van der Waals surface area contributed by atoms with E-state index in [2.05, 4.69) is 27.7 Å². The summed E-state index contributed by atoms with van der Waals surface area (Å²) in [6.45, 7) is 10.9. The third kappa shape index (κ3) is 12.9. The molecule has 1 N–H and O–H groups in total. The van der Waals surface area contributed by atoms with Gasteiger partial charge in [0.1, 0.15) is 5.60 Å². The zero-order valence-electron chi connectivity index (χ0n) is 15.0. The molecule has 3 atom stereocenters. The lowest BCUT2D eigenvalue weighted by Gasteiger charge is -2.17. The predicted molar refractivity (Wildman–Crippen MR) is 91.0 cm³/mol. The van der Waals surface area contributed by atoms with Crippen molar-refractivity contribution in [2.45, 2.75) is 98.0 Å². The molecular formula is C19H37NO. The quantitative estimate of drug-likeness (QED) is 0.469. The second-order valence-corrected chi connectivity index (χ2v) is 7.74. The van der Waals surface area contributed by atoms with E-state index in [-0.39, 0.29) is 0 Å². The highest BCUT2D eigenvalue weighted by Crippen LogP contribution is 2.22. The van der Waals surface area contributed by atoms with Crippen molar-refractivity contribution in [2.75, 3.05) is 0 Å². The minimum atomic E-state index is -1.13. The van der Waals surface area contributed by atoms with Crippen LogP contribution in [-0.2, 0) is 0 Å². The standard InChI is InChI=1S/C19H37NO/c1-16(2)9-6-10-17(3)11-7-12-18(4)13-8-14-19(5,21)15-20/h16-18,21H,6-14H2,1-5H3/t17-,18+,19-/m1/s1. The first kappa shape index (κ1) is 20.5. The molecule has 0 aliphatic heterocycles. The summed E-state index contributed by atoms with van der Waals surface area (Å²) in [5.41, 5.74) is -1.13. The van der Waals surface area contributed by atoms with Crippen molar-refractivity contribution in [3.8, 4) is 6.07 Å². The topological polar surface area (TPSA) is 44.0 Å². The first-order valence-electron chi connectivity index (χ1n) is 8.90. The van der Waals surface area contributed by atoms with Crippen molar-refractivity contribution in [2.24, 2.45) is 17.8 Å². The molecular weight excluding hydrogens is 258 g/mol. The van der Waals surface area contributed by atoms with Gasteiger partial charge in [-0.1, -0.05) is 72.6 Å². The largest absolute Gasteiger partial charge is 0.376 e. The van der Waals surface area contributed by atoms with Gasteiger partial charge in [0.25, 0.3) is 0 Å². The Morgan fingerprint density at radius 1 is 0.857 bits per heavy atom. The average Bonchev–Trinajstić information content (AvgIpc) is 2.38. The molecule has 0 aliphatic rings. The third-order valence-electron chi connectivity index (χ3n) is 4.47. The molecule has 0 bridgehead atoms. The number of hydrogen-bond donors (Lipinski definition) is 1. The fourth-order valence-corrected chi connectivity index (χ4v) is 2.83. The van der Waals surface area contributed by atoms with Crippen LogP contribution < -0.4 is 0 Å². The highest BCUT2D eigenvalue weighted by Gasteiger charge is 2.18. The normalized spacial score (nSPS) is 17.2. The van der Waals surface area contributed by atoms with Gasteiger partial charge in [0.15, 0.2) is 0 Å². The molecule has 0 saturated carbocycles. The molecule has 0 aromatic rings. The summed E-state index contributed by atoms with van der Waals surface area (Å²) in [4.78, 5) is 0. The fraction of sp³-hybridized carbons (Fsp3) is 0.947. The maximum absolute atomic E-state index is 9.65. The lowest BCUT2D eigenvalue weighted by Crippen LogP contribution is -2.20. The lowest BCUT2D eigenvalue weighted by molar-refractivity contribution is 0.105. The molecule has 124 valence electrons. The van der Waals surface area contributed by atoms with Crippen LogP contribution in [0, 0.1) is 29.1 Å². The molecule has 0 rings (SSSR count). The Bertz CT molecular complexity index is 290. The van der Waals surface area contributed by atoms with Crippen molar-refractivity contribution in [1.29, 1.82) is 5.26 Å². The van der Waals surface area contributed by atoms with Crippen LogP contribution in [0.15, 0.2) is 0 Å². The van der Waals surface area contributed by atoms with Crippen LogP contribution in [0.1, 0.15) is 92.4 Å². The number of aliphatic hydroxyl groups is 1. The second kappa shape index (κ2) is 11.1. The van der Waals surface area contributed by atoms with Crippen molar-refractivity contribution in [3.05, 3.63) is 0 Å². The number of nitriles is 1. The van der Waals surface area contributed by atoms with Gasteiger partial charge in [-0.05, 0) is 37.5 Å². The van der Waals surface area contributed by atoms with Gasteiger partial charge in [-0.3, -0.25) is 0 Å². The molecule has 0 unspecified atom stereocenters. The van der Waals surface area contributed by atoms with Gasteiger partial charge >= 0.3 is 0 Å². The first-order chi connectivity index (χ1) is 9.76. The van der Waals surface area contributed by atoms with Gasteiger partial charge < -0.3 is 5.11 Å². The summed E-state index contributed by atoms with van der Waals surface area (Å²) in [5, 5.41) is 18.4. The lowest BCUT2D eigenvalue weighted by atomic mass is 9.90. The van der Waals surface area contributed by atoms with E-state index in [1.54, 1.807) is 6.92 Å². The minimum Gasteiger partial charge on any atom is -0.376 e. The Balaban J connectivity index is 3.57. The van der Waals surface area contributed by atoms with Gasteiger partial charge in [0.2, 0.25) is 0 Å². The van der Waals surface area contributed by atoms with Crippen molar-refractivity contribution in [1.82, 2.24) is 0 Å². The van der Waals surface area contributed by atoms with Gasteiger partial charge in [0.05, 0.1) is 6.07 Å². The van der Waals surface area contributed by atoms with E-state index in [4.69, 9.17) is 5.26 Å². The van der Waals surface area contributed by atoms with E-state index < -0.39 is 5.60 Å². The maximum Gasteiger partial charge on any atom is 0.148 e. The highest BCUT2D eigenvalue weighted by atomic mass is 16.3. The van der Waals surface area contributed by atoms with Crippen LogP contribution in [0.3, 0.4) is 0 Å². The van der Waals surface area contributed by atoms with Crippen LogP contribution in [-0.4, -0.2) is 10.7 Å². The Morgan fingerprint density at radius 3 is 1.71 bits per heavy atom. The molecule has 0 aliphatic carbocycles. The summed E-state index contributed by atoms with van der Waals surface area (Å²) in [6, 6.07) is 1.96. The molecule has 21 heavy (non-hydrogen) atoms. The van der Waals surface area contributed by atoms with Crippen molar-refractivity contribution < 1.29 is 5.11 Å². The summed E-state index contributed by atoms with van der Waals surface area (Å²) in [6.07, 6.45) is 10.7. The molecule has 0 radical (unpaired) electrons. The summed E-state index contributed by atoms with van der Waals surface area (Å²) >= 11 is 0. The van der Waals surface area contributed by atoms with E-state index in [0.717, 1.165) is 24.7 Å². The smallest absolute Gasteiger partial charge is 0.148 e. The predicted octanol–water partition coefficient (Wildman–Crippen LogP) is 5.70. The molecule has 2 nitrogen and oxygen atoms in total. The van der Waals surface area contributed by atoms with Gasteiger partial charge in [-0.25, -0.2) is 0 Å². The summed E-state index contributed by atoms with van der Waals surface area (Å²) in [7, 11) is 0. The van der Waals surface area contributed by atoms with E-state index in [0.29, 0.717) is 12.3 Å². The fourth-order valence-electron chi connectivity index (χ4n) is 2.83. The number of nitrogens with zero attached hydrogens (tertiary/aromatic N) is 1. The Labute approximate surface area is 132 Å². The maximum atomic E-state index is 9.65. The molecule has 0 amide bonds. The average molecular weight is 296 g/mol. The van der Waals surface area contributed by atoms with E-state index in [1.807, 2.05) is 6.07 Å². The summed E-state index contributed by atoms with van der Waals surface area (Å²) < 4.78 is 0. The second-order valence-electron chi connectivity index (χ2n) is 7.74. The zero-order chi connectivity index (χ0) is 16.3. The molecule has 0 aromatic heterocycles. The zero-order valence-corrected chi connectivity index (χ0v) is 15.0. The van der Waals surface area contributed by atoms with E-state index >= 15 is 0 Å². The molecule has 0 heterocycles. The van der Waals surface area contributed by atoms with Crippen molar-refractivity contribution >= 4 is 0 Å². The van der Waals surface area contributed by atoms with E-state index in [9.17, 15) is 5.11 Å². The molecule has 2 heteroatoms. The Kier molecular flexibility index (Phi) is 10.8. The minimum absolute atomic E-state index is 0.597. The third-order valence-corrected chi connectivity index (χ3v) is 4.47. The van der Waals surface area contributed by atoms with Crippen LogP contribution in [0.4, 0.5) is 0 Å². The van der Waals surface area contributed by atoms with E-state index in [1.165, 1.54) is 38.5 Å². The van der Waals surface area contributed by atoms with Gasteiger partial charge in [-0.15, -0.1) is 0 Å². The summed E-state index contributed by atoms with van der Waals surface area (Å²) in [5.74, 6) is 2.40. The Hall–Kier alpha value is -0.550. The van der Waals surface area contributed by atoms with Crippen LogP contribution >= 0.6 is 0 Å². The highest BCUT2D eigenvalue weighted by molar-refractivity contribution is 4.95. The number of hydrogen-bond acceptors (Lipinski definition) is 2.